The summed E-state index contributed by atoms with van der Waals surface area (Å²) >= 11 is 0. The number of hydrogen-bond acceptors (Lipinski definition) is 10. The number of benzene rings is 6. The van der Waals surface area contributed by atoms with Gasteiger partial charge in [0, 0.05) is 33.8 Å². The van der Waals surface area contributed by atoms with Crippen LogP contribution in [0.2, 0.25) is 0 Å². The summed E-state index contributed by atoms with van der Waals surface area (Å²) in [6.45, 7) is 15.8. The molecule has 0 aromatic heterocycles. The highest BCUT2D eigenvalue weighted by Crippen LogP contribution is 2.50. The Kier molecular flexibility index (Phi) is 13.9. The van der Waals surface area contributed by atoms with Gasteiger partial charge in [-0.3, -0.25) is 14.4 Å². The molecule has 0 spiro atoms. The number of carbonyl (C=O) groups excluding carboxylic acids is 3. The fourth-order valence-electron chi connectivity index (χ4n) is 5.09. The summed E-state index contributed by atoms with van der Waals surface area (Å²) < 4.78 is 50.0. The summed E-state index contributed by atoms with van der Waals surface area (Å²) in [5.41, 5.74) is 2.92. The van der Waals surface area contributed by atoms with Crippen LogP contribution in [0.1, 0.15) is 20.8 Å². The van der Waals surface area contributed by atoms with E-state index in [1.807, 2.05) is 0 Å². The van der Waals surface area contributed by atoms with Gasteiger partial charge < -0.3 is 43.7 Å². The maximum absolute atomic E-state index is 14.4. The molecular formula is C48H42N3O10P. The predicted octanol–water partition coefficient (Wildman–Crippen LogP) is 12.3. The van der Waals surface area contributed by atoms with Crippen molar-refractivity contribution < 1.29 is 46.7 Å². The number of amides is 3. The molecule has 0 radical (unpaired) electrons. The highest BCUT2D eigenvalue weighted by atomic mass is 31.2. The molecule has 0 bridgehead atoms. The van der Waals surface area contributed by atoms with E-state index in [1.165, 1.54) is 0 Å². The summed E-state index contributed by atoms with van der Waals surface area (Å²) in [4.78, 5) is 35.8. The molecule has 0 atom stereocenters. The fraction of sp³-hybridized carbons (Fsp3) is 0.0625. The van der Waals surface area contributed by atoms with Crippen LogP contribution in [0.3, 0.4) is 0 Å². The zero-order valence-electron chi connectivity index (χ0n) is 34.0. The van der Waals surface area contributed by atoms with E-state index in [0.717, 1.165) is 0 Å². The van der Waals surface area contributed by atoms with Crippen LogP contribution in [0, 0.1) is 0 Å². The van der Waals surface area contributed by atoms with Crippen molar-refractivity contribution in [3.8, 4) is 51.7 Å². The summed E-state index contributed by atoms with van der Waals surface area (Å²) in [6, 6.07) is 39.4. The molecule has 62 heavy (non-hydrogen) atoms. The van der Waals surface area contributed by atoms with Crippen molar-refractivity contribution in [3.05, 3.63) is 182 Å². The van der Waals surface area contributed by atoms with Gasteiger partial charge in [-0.25, -0.2) is 0 Å². The van der Waals surface area contributed by atoms with Crippen molar-refractivity contribution in [1.82, 2.24) is 0 Å². The third-order valence-electron chi connectivity index (χ3n) is 8.33. The van der Waals surface area contributed by atoms with E-state index in [0.29, 0.717) is 68.3 Å². The molecule has 6 aromatic carbocycles. The minimum absolute atomic E-state index is 0.157. The predicted molar refractivity (Wildman–Crippen MR) is 239 cm³/mol. The van der Waals surface area contributed by atoms with Crippen LogP contribution in [-0.2, 0) is 18.9 Å². The zero-order chi connectivity index (χ0) is 44.2. The number of carbonyl (C=O) groups is 3. The Labute approximate surface area is 358 Å². The molecule has 3 N–H and O–H groups in total. The van der Waals surface area contributed by atoms with Crippen LogP contribution in [-0.4, -0.2) is 17.7 Å². The number of rotatable bonds is 18. The molecule has 6 rings (SSSR count). The van der Waals surface area contributed by atoms with Crippen LogP contribution < -0.4 is 43.7 Å². The monoisotopic (exact) mass is 851 g/mol. The van der Waals surface area contributed by atoms with Crippen molar-refractivity contribution in [2.24, 2.45) is 0 Å². The minimum Gasteiger partial charge on any atom is -0.457 e. The molecular weight excluding hydrogens is 810 g/mol. The van der Waals surface area contributed by atoms with E-state index in [4.69, 9.17) is 27.8 Å². The van der Waals surface area contributed by atoms with Crippen molar-refractivity contribution in [2.45, 2.75) is 20.8 Å². The maximum Gasteiger partial charge on any atom is 0.647 e. The third-order valence-corrected chi connectivity index (χ3v) is 9.63. The van der Waals surface area contributed by atoms with Crippen molar-refractivity contribution in [1.29, 1.82) is 0 Å². The zero-order valence-corrected chi connectivity index (χ0v) is 34.9. The molecule has 0 fully saturated rings. The number of ether oxygens (including phenoxy) is 3. The summed E-state index contributed by atoms with van der Waals surface area (Å²) in [7, 11) is -4.45. The van der Waals surface area contributed by atoms with Crippen molar-refractivity contribution in [3.63, 3.8) is 0 Å². The molecule has 0 saturated heterocycles. The van der Waals surface area contributed by atoms with Crippen LogP contribution in [0.4, 0.5) is 17.1 Å². The first-order chi connectivity index (χ1) is 29.7. The van der Waals surface area contributed by atoms with Gasteiger partial charge in [0.05, 0.1) is 0 Å². The van der Waals surface area contributed by atoms with E-state index in [-0.39, 0.29) is 35.0 Å². The molecule has 0 aliphatic heterocycles. The van der Waals surface area contributed by atoms with Crippen molar-refractivity contribution >= 4 is 42.6 Å². The molecule has 0 unspecified atom stereocenters. The van der Waals surface area contributed by atoms with E-state index in [9.17, 15) is 18.9 Å². The lowest BCUT2D eigenvalue weighted by molar-refractivity contribution is -0.113. The molecule has 0 aliphatic carbocycles. The van der Waals surface area contributed by atoms with Gasteiger partial charge >= 0.3 is 7.82 Å². The Morgan fingerprint density at radius 3 is 0.726 bits per heavy atom. The molecule has 314 valence electrons. The maximum atomic E-state index is 14.4. The Balaban J connectivity index is 1.14. The molecule has 14 heteroatoms. The van der Waals surface area contributed by atoms with Crippen LogP contribution in [0.15, 0.2) is 182 Å². The van der Waals surface area contributed by atoms with E-state index >= 15 is 0 Å². The largest absolute Gasteiger partial charge is 0.647 e. The normalized spacial score (nSPS) is 10.6. The number of anilines is 3. The van der Waals surface area contributed by atoms with Gasteiger partial charge in [-0.2, -0.15) is 4.57 Å². The van der Waals surface area contributed by atoms with Crippen LogP contribution in [0.5, 0.6) is 51.7 Å². The smallest absolute Gasteiger partial charge is 0.457 e. The Morgan fingerprint density at radius 2 is 0.532 bits per heavy atom. The Morgan fingerprint density at radius 1 is 0.355 bits per heavy atom. The third kappa shape index (κ3) is 12.7. The quantitative estimate of drug-likeness (QED) is 0.0561. The number of phosphoric acid groups is 1. The highest BCUT2D eigenvalue weighted by Gasteiger charge is 2.33. The molecule has 0 saturated carbocycles. The number of hydrogen-bond donors (Lipinski definition) is 3. The topological polar surface area (TPSA) is 160 Å². The molecule has 0 aliphatic rings. The lowest BCUT2D eigenvalue weighted by Crippen LogP contribution is -2.11. The van der Waals surface area contributed by atoms with Crippen LogP contribution >= 0.6 is 7.82 Å². The molecule has 13 nitrogen and oxygen atoms in total. The van der Waals surface area contributed by atoms with Crippen molar-refractivity contribution in [2.75, 3.05) is 16.0 Å². The molecule has 0 heterocycles. The van der Waals surface area contributed by atoms with E-state index < -0.39 is 7.82 Å². The molecule has 6 aromatic rings. The van der Waals surface area contributed by atoms with Gasteiger partial charge in [-0.15, -0.1) is 0 Å². The standard InChI is InChI=1S/C48H42N3O10P/c1-31(2)46(52)49-34-7-13-37(14-8-34)56-40-19-25-43(26-20-40)59-62(55,60-44-27-21-41(22-28-44)57-38-15-9-35(10-16-38)50-47(53)32(3)4)61-45-29-23-42(24-30-45)58-39-17-11-36(12-18-39)51-48(54)33(5)6/h7-30H,1,3,5H2,2,4,6H3,(H,49,52)(H,50,53)(H,51,54). The van der Waals surface area contributed by atoms with Gasteiger partial charge in [-0.05, 0) is 166 Å². The first-order valence-corrected chi connectivity index (χ1v) is 20.4. The van der Waals surface area contributed by atoms with E-state index in [2.05, 4.69) is 35.7 Å². The lowest BCUT2D eigenvalue weighted by atomic mass is 10.2. The average Bonchev–Trinajstić information content (AvgIpc) is 3.25. The lowest BCUT2D eigenvalue weighted by Gasteiger charge is -2.20. The second-order valence-electron chi connectivity index (χ2n) is 13.7. The van der Waals surface area contributed by atoms with Crippen LogP contribution in [0.25, 0.3) is 0 Å². The SMILES string of the molecule is C=C(C)C(=O)Nc1ccc(Oc2ccc(OP(=O)(Oc3ccc(Oc4ccc(NC(=O)C(=C)C)cc4)cc3)Oc3ccc(Oc4ccc(NC(=O)C(=C)C)cc4)cc3)cc2)cc1. The fourth-order valence-corrected chi connectivity index (χ4v) is 6.34. The summed E-state index contributed by atoms with van der Waals surface area (Å²) in [5.74, 6) is 2.52. The average molecular weight is 852 g/mol. The van der Waals surface area contributed by atoms with Gasteiger partial charge in [0.15, 0.2) is 0 Å². The second kappa shape index (κ2) is 19.8. The Hall–Kier alpha value is -8.02. The minimum atomic E-state index is -4.45. The summed E-state index contributed by atoms with van der Waals surface area (Å²) in [6.07, 6.45) is 0. The van der Waals surface area contributed by atoms with Gasteiger partial charge in [0.1, 0.15) is 51.7 Å². The number of nitrogens with one attached hydrogen (secondary N) is 3. The highest BCUT2D eigenvalue weighted by molar-refractivity contribution is 7.49. The Bertz CT molecular complexity index is 2340. The number of phosphoric ester groups is 1. The second-order valence-corrected chi connectivity index (χ2v) is 15.2. The van der Waals surface area contributed by atoms with Gasteiger partial charge in [0.2, 0.25) is 0 Å². The van der Waals surface area contributed by atoms with E-state index in [1.54, 1.807) is 166 Å². The molecule has 3 amide bonds. The first kappa shape index (κ1) is 43.6. The van der Waals surface area contributed by atoms with Gasteiger partial charge in [0.25, 0.3) is 17.7 Å². The first-order valence-electron chi connectivity index (χ1n) is 18.9. The van der Waals surface area contributed by atoms with Gasteiger partial charge in [-0.1, -0.05) is 19.7 Å². The summed E-state index contributed by atoms with van der Waals surface area (Å²) in [5, 5.41) is 8.22.